The van der Waals surface area contributed by atoms with E-state index in [2.05, 4.69) is 0 Å². The summed E-state index contributed by atoms with van der Waals surface area (Å²) >= 11 is 17.0. The average Bonchev–Trinajstić information content (AvgIpc) is 2.39. The number of rotatable bonds is 1. The van der Waals surface area contributed by atoms with Crippen molar-refractivity contribution >= 4 is 41.6 Å². The fraction of sp³-hybridized carbons (Fsp3) is 0.300. The summed E-state index contributed by atoms with van der Waals surface area (Å²) in [7, 11) is 1.00. The van der Waals surface area contributed by atoms with E-state index in [1.807, 2.05) is 6.79 Å². The maximum Gasteiger partial charge on any atom is 0.154 e. The molecule has 1 aromatic rings. The normalized spacial score (nSPS) is 8.59. The van der Waals surface area contributed by atoms with Gasteiger partial charge in [0.1, 0.15) is 22.6 Å². The highest BCUT2D eigenvalue weighted by Gasteiger charge is 2.18. The molecule has 0 amide bonds. The highest BCUT2D eigenvalue weighted by molar-refractivity contribution is 6.46. The Morgan fingerprint density at radius 2 is 1.29 bits per heavy atom. The maximum atomic E-state index is 9.47. The van der Waals surface area contributed by atoms with E-state index in [-0.39, 0.29) is 26.6 Å². The highest BCUT2D eigenvalue weighted by Crippen LogP contribution is 2.46. The SMILES string of the molecule is C=O.CCc1c(O)c(Cl)c(Cl)c(O)c1Cl.CO. The first-order valence-electron chi connectivity index (χ1n) is 4.31. The fourth-order valence-electron chi connectivity index (χ4n) is 1.01. The van der Waals surface area contributed by atoms with Crippen molar-refractivity contribution < 1.29 is 20.1 Å². The number of hydrogen-bond donors (Lipinski definition) is 3. The van der Waals surface area contributed by atoms with Gasteiger partial charge in [-0.1, -0.05) is 41.7 Å². The minimum absolute atomic E-state index is 0.0504. The van der Waals surface area contributed by atoms with Gasteiger partial charge in [-0.3, -0.25) is 0 Å². The van der Waals surface area contributed by atoms with Crippen molar-refractivity contribution in [3.05, 3.63) is 20.6 Å². The summed E-state index contributed by atoms with van der Waals surface area (Å²) in [6.45, 7) is 3.78. The Morgan fingerprint density at radius 3 is 1.65 bits per heavy atom. The molecular formula is C10H13Cl3O4. The molecule has 4 nitrogen and oxygen atoms in total. The minimum Gasteiger partial charge on any atom is -0.506 e. The first-order valence-corrected chi connectivity index (χ1v) is 5.44. The number of phenols is 2. The third-order valence-corrected chi connectivity index (χ3v) is 2.96. The summed E-state index contributed by atoms with van der Waals surface area (Å²) in [6.07, 6.45) is 0.467. The molecule has 0 saturated heterocycles. The van der Waals surface area contributed by atoms with Gasteiger partial charge in [0.15, 0.2) is 5.75 Å². The van der Waals surface area contributed by atoms with Crippen LogP contribution in [-0.4, -0.2) is 29.2 Å². The molecule has 98 valence electrons. The highest BCUT2D eigenvalue weighted by atomic mass is 35.5. The van der Waals surface area contributed by atoms with Gasteiger partial charge in [0, 0.05) is 12.7 Å². The van der Waals surface area contributed by atoms with Crippen molar-refractivity contribution in [3.8, 4) is 11.5 Å². The van der Waals surface area contributed by atoms with Gasteiger partial charge in [0.25, 0.3) is 0 Å². The molecule has 0 unspecified atom stereocenters. The number of aliphatic hydroxyl groups excluding tert-OH is 1. The van der Waals surface area contributed by atoms with Crippen molar-refractivity contribution in [2.24, 2.45) is 0 Å². The van der Waals surface area contributed by atoms with Gasteiger partial charge in [-0.25, -0.2) is 0 Å². The third-order valence-electron chi connectivity index (χ3n) is 1.72. The minimum atomic E-state index is -0.289. The van der Waals surface area contributed by atoms with Gasteiger partial charge in [-0.15, -0.1) is 0 Å². The van der Waals surface area contributed by atoms with E-state index in [0.29, 0.717) is 12.0 Å². The summed E-state index contributed by atoms with van der Waals surface area (Å²) in [5, 5.41) is 25.7. The lowest BCUT2D eigenvalue weighted by Crippen LogP contribution is -1.87. The smallest absolute Gasteiger partial charge is 0.154 e. The lowest BCUT2D eigenvalue weighted by molar-refractivity contribution is -0.0979. The quantitative estimate of drug-likeness (QED) is 0.550. The summed E-state index contributed by atoms with van der Waals surface area (Å²) < 4.78 is 0. The molecular weight excluding hydrogens is 290 g/mol. The van der Waals surface area contributed by atoms with E-state index in [1.54, 1.807) is 6.92 Å². The van der Waals surface area contributed by atoms with Crippen LogP contribution in [0.25, 0.3) is 0 Å². The van der Waals surface area contributed by atoms with Crippen LogP contribution in [0.4, 0.5) is 0 Å². The van der Waals surface area contributed by atoms with Crippen LogP contribution in [0.15, 0.2) is 0 Å². The number of halogens is 3. The molecule has 0 spiro atoms. The van der Waals surface area contributed by atoms with Crippen LogP contribution < -0.4 is 0 Å². The first-order chi connectivity index (χ1) is 8.00. The van der Waals surface area contributed by atoms with E-state index >= 15 is 0 Å². The summed E-state index contributed by atoms with van der Waals surface area (Å²) in [4.78, 5) is 8.00. The van der Waals surface area contributed by atoms with Crippen LogP contribution in [0.3, 0.4) is 0 Å². The van der Waals surface area contributed by atoms with Crippen LogP contribution in [0.5, 0.6) is 11.5 Å². The fourth-order valence-corrected chi connectivity index (χ4v) is 1.76. The zero-order valence-electron chi connectivity index (χ0n) is 9.30. The molecule has 0 aliphatic carbocycles. The van der Waals surface area contributed by atoms with Gasteiger partial charge >= 0.3 is 0 Å². The van der Waals surface area contributed by atoms with Gasteiger partial charge in [-0.2, -0.15) is 0 Å². The molecule has 17 heavy (non-hydrogen) atoms. The Labute approximate surface area is 114 Å². The predicted molar refractivity (Wildman–Crippen MR) is 69.4 cm³/mol. The van der Waals surface area contributed by atoms with Crippen molar-refractivity contribution in [2.75, 3.05) is 7.11 Å². The zero-order chi connectivity index (χ0) is 14.2. The van der Waals surface area contributed by atoms with E-state index in [0.717, 1.165) is 7.11 Å². The molecule has 0 bridgehead atoms. The molecule has 0 heterocycles. The molecule has 1 aromatic carbocycles. The van der Waals surface area contributed by atoms with Gasteiger partial charge < -0.3 is 20.1 Å². The Bertz CT molecular complexity index is 340. The molecule has 1 rings (SSSR count). The maximum absolute atomic E-state index is 9.47. The number of carbonyl (C=O) groups is 1. The van der Waals surface area contributed by atoms with Gasteiger partial charge in [0.05, 0.1) is 5.02 Å². The Kier molecular flexibility index (Phi) is 10.3. The second kappa shape index (κ2) is 9.36. The van der Waals surface area contributed by atoms with Crippen LogP contribution >= 0.6 is 34.8 Å². The largest absolute Gasteiger partial charge is 0.506 e. The van der Waals surface area contributed by atoms with Crippen LogP contribution in [0.2, 0.25) is 15.1 Å². The predicted octanol–water partition coefficient (Wildman–Crippen LogP) is 3.04. The summed E-state index contributed by atoms with van der Waals surface area (Å²) in [5.74, 6) is -0.458. The lowest BCUT2D eigenvalue weighted by atomic mass is 10.1. The monoisotopic (exact) mass is 302 g/mol. The van der Waals surface area contributed by atoms with Gasteiger partial charge in [-0.05, 0) is 6.42 Å². The second-order valence-corrected chi connectivity index (χ2v) is 3.61. The Morgan fingerprint density at radius 1 is 0.941 bits per heavy atom. The topological polar surface area (TPSA) is 77.8 Å². The second-order valence-electron chi connectivity index (χ2n) is 2.47. The van der Waals surface area contributed by atoms with E-state index < -0.39 is 0 Å². The third kappa shape index (κ3) is 4.24. The van der Waals surface area contributed by atoms with Crippen molar-refractivity contribution in [2.45, 2.75) is 13.3 Å². The Hall–Kier alpha value is -0.680. The lowest BCUT2D eigenvalue weighted by Gasteiger charge is -2.10. The van der Waals surface area contributed by atoms with Crippen LogP contribution in [0.1, 0.15) is 12.5 Å². The number of phenolic OH excluding ortho intramolecular Hbond substituents is 2. The molecule has 3 N–H and O–H groups in total. The molecule has 0 saturated carbocycles. The molecule has 0 fully saturated rings. The molecule has 0 aromatic heterocycles. The number of carbonyl (C=O) groups excluding carboxylic acids is 1. The zero-order valence-corrected chi connectivity index (χ0v) is 11.6. The van der Waals surface area contributed by atoms with E-state index in [4.69, 9.17) is 44.7 Å². The number of aromatic hydroxyl groups is 2. The van der Waals surface area contributed by atoms with Crippen LogP contribution in [-0.2, 0) is 11.2 Å². The summed E-state index contributed by atoms with van der Waals surface area (Å²) in [6, 6.07) is 0. The summed E-state index contributed by atoms with van der Waals surface area (Å²) in [5.41, 5.74) is 0.397. The molecule has 0 aliphatic rings. The molecule has 7 heteroatoms. The average molecular weight is 304 g/mol. The van der Waals surface area contributed by atoms with Crippen molar-refractivity contribution in [3.63, 3.8) is 0 Å². The molecule has 0 atom stereocenters. The van der Waals surface area contributed by atoms with E-state index in [9.17, 15) is 10.2 Å². The number of benzene rings is 1. The number of aliphatic hydroxyl groups is 1. The number of hydrogen-bond acceptors (Lipinski definition) is 4. The Balaban J connectivity index is 0. The van der Waals surface area contributed by atoms with Crippen molar-refractivity contribution in [1.29, 1.82) is 0 Å². The van der Waals surface area contributed by atoms with Crippen molar-refractivity contribution in [1.82, 2.24) is 0 Å². The van der Waals surface area contributed by atoms with Crippen LogP contribution in [0, 0.1) is 0 Å². The standard InChI is InChI=1S/C8H7Cl3O2.CH4O.CH2O/c1-2-3-4(9)8(13)6(11)5(10)7(3)12;2*1-2/h12-13H,2H2,1H3;2H,1H3;1H2. The molecule has 0 aliphatic heterocycles. The first kappa shape index (κ1) is 18.7. The van der Waals surface area contributed by atoms with E-state index in [1.165, 1.54) is 0 Å². The van der Waals surface area contributed by atoms with Gasteiger partial charge in [0.2, 0.25) is 0 Å². The molecule has 0 radical (unpaired) electrons.